The van der Waals surface area contributed by atoms with Crippen LogP contribution in [0.5, 0.6) is 11.5 Å². The highest BCUT2D eigenvalue weighted by molar-refractivity contribution is 7.10. The Kier molecular flexibility index (Phi) is 7.96. The van der Waals surface area contributed by atoms with Gasteiger partial charge in [-0.1, -0.05) is 32.4 Å². The quantitative estimate of drug-likeness (QED) is 0.583. The van der Waals surface area contributed by atoms with Gasteiger partial charge in [-0.3, -0.25) is 9.59 Å². The van der Waals surface area contributed by atoms with Gasteiger partial charge in [0, 0.05) is 24.9 Å². The van der Waals surface area contributed by atoms with E-state index in [9.17, 15) is 9.59 Å². The van der Waals surface area contributed by atoms with E-state index in [1.165, 1.54) is 11.8 Å². The lowest BCUT2D eigenvalue weighted by Gasteiger charge is -2.37. The molecule has 0 saturated carbocycles. The SMILES string of the molecule is CCC(C)CN(CC(=O)N1CCc2sccc2C1COc1ccccc1OC)C(C)=O. The van der Waals surface area contributed by atoms with Crippen molar-refractivity contribution in [3.05, 3.63) is 46.2 Å². The maximum Gasteiger partial charge on any atom is 0.242 e. The number of thiophene rings is 1. The maximum atomic E-state index is 13.3. The fourth-order valence-corrected chi connectivity index (χ4v) is 4.77. The lowest BCUT2D eigenvalue weighted by Crippen LogP contribution is -2.48. The summed E-state index contributed by atoms with van der Waals surface area (Å²) in [6, 6.07) is 9.41. The second-order valence-corrected chi connectivity index (χ2v) is 9.03. The molecule has 0 fully saturated rings. The van der Waals surface area contributed by atoms with Gasteiger partial charge in [-0.15, -0.1) is 11.3 Å². The summed E-state index contributed by atoms with van der Waals surface area (Å²) in [5, 5.41) is 2.07. The number of nitrogens with zero attached hydrogens (tertiary/aromatic N) is 2. The molecule has 0 aliphatic carbocycles. The highest BCUT2D eigenvalue weighted by Gasteiger charge is 2.33. The molecule has 0 radical (unpaired) electrons. The van der Waals surface area contributed by atoms with Gasteiger partial charge >= 0.3 is 0 Å². The highest BCUT2D eigenvalue weighted by atomic mass is 32.1. The van der Waals surface area contributed by atoms with Crippen molar-refractivity contribution < 1.29 is 19.1 Å². The first-order valence-corrected chi connectivity index (χ1v) is 11.7. The second-order valence-electron chi connectivity index (χ2n) is 8.03. The Morgan fingerprint density at radius 2 is 2.00 bits per heavy atom. The summed E-state index contributed by atoms with van der Waals surface area (Å²) in [6.45, 7) is 7.39. The van der Waals surface area contributed by atoms with Crippen molar-refractivity contribution in [2.75, 3.05) is 33.4 Å². The summed E-state index contributed by atoms with van der Waals surface area (Å²) < 4.78 is 11.5. The molecule has 2 amide bonds. The van der Waals surface area contributed by atoms with Crippen molar-refractivity contribution >= 4 is 23.2 Å². The topological polar surface area (TPSA) is 59.1 Å². The van der Waals surface area contributed by atoms with Crippen LogP contribution in [0.2, 0.25) is 0 Å². The number of ether oxygens (including phenoxy) is 2. The molecule has 2 atom stereocenters. The van der Waals surface area contributed by atoms with Gasteiger partial charge in [-0.25, -0.2) is 0 Å². The number of amides is 2. The van der Waals surface area contributed by atoms with E-state index >= 15 is 0 Å². The molecule has 2 heterocycles. The van der Waals surface area contributed by atoms with Crippen molar-refractivity contribution in [2.24, 2.45) is 5.92 Å². The molecular formula is C24H32N2O4S. The van der Waals surface area contributed by atoms with Crippen LogP contribution in [0.3, 0.4) is 0 Å². The van der Waals surface area contributed by atoms with E-state index in [2.05, 4.69) is 25.3 Å². The van der Waals surface area contributed by atoms with Crippen molar-refractivity contribution in [3.63, 3.8) is 0 Å². The first-order valence-electron chi connectivity index (χ1n) is 10.8. The van der Waals surface area contributed by atoms with Gasteiger partial charge in [-0.2, -0.15) is 0 Å². The van der Waals surface area contributed by atoms with Crippen LogP contribution in [0.1, 0.15) is 43.7 Å². The number of carbonyl (C=O) groups is 2. The first kappa shape index (κ1) is 23.1. The summed E-state index contributed by atoms with van der Waals surface area (Å²) in [6.07, 6.45) is 1.80. The summed E-state index contributed by atoms with van der Waals surface area (Å²) in [4.78, 5) is 30.3. The van der Waals surface area contributed by atoms with Crippen molar-refractivity contribution in [2.45, 2.75) is 39.7 Å². The Bertz CT molecular complexity index is 897. The van der Waals surface area contributed by atoms with Gasteiger partial charge in [0.05, 0.1) is 19.7 Å². The molecule has 0 saturated heterocycles. The lowest BCUT2D eigenvalue weighted by molar-refractivity contribution is -0.142. The number of methoxy groups -OCH3 is 1. The summed E-state index contributed by atoms with van der Waals surface area (Å²) >= 11 is 1.72. The van der Waals surface area contributed by atoms with Crippen LogP contribution in [-0.4, -0.2) is 55.0 Å². The second kappa shape index (κ2) is 10.7. The standard InChI is InChI=1S/C24H32N2O4S/c1-5-17(2)14-25(18(3)27)15-24(28)26-12-10-23-19(11-13-31-23)20(26)16-30-22-9-7-6-8-21(22)29-4/h6-9,11,13,17,20H,5,10,12,14-16H2,1-4H3. The lowest BCUT2D eigenvalue weighted by atomic mass is 10.00. The highest BCUT2D eigenvalue weighted by Crippen LogP contribution is 2.35. The molecule has 168 valence electrons. The Hall–Kier alpha value is -2.54. The summed E-state index contributed by atoms with van der Waals surface area (Å²) in [7, 11) is 1.61. The molecule has 1 aromatic carbocycles. The normalized spacial score (nSPS) is 16.4. The molecule has 2 aromatic rings. The average Bonchev–Trinajstić information content (AvgIpc) is 3.25. The summed E-state index contributed by atoms with van der Waals surface area (Å²) in [5.41, 5.74) is 1.13. The van der Waals surface area contributed by atoms with E-state index in [1.54, 1.807) is 23.3 Å². The Balaban J connectivity index is 1.77. The van der Waals surface area contributed by atoms with Crippen LogP contribution in [0, 0.1) is 5.92 Å². The van der Waals surface area contributed by atoms with Gasteiger partial charge in [0.1, 0.15) is 6.61 Å². The predicted molar refractivity (Wildman–Crippen MR) is 123 cm³/mol. The molecule has 6 nitrogen and oxygen atoms in total. The van der Waals surface area contributed by atoms with E-state index in [-0.39, 0.29) is 24.4 Å². The van der Waals surface area contributed by atoms with Gasteiger partial charge in [0.2, 0.25) is 11.8 Å². The van der Waals surface area contributed by atoms with E-state index in [1.807, 2.05) is 29.2 Å². The van der Waals surface area contributed by atoms with E-state index < -0.39 is 0 Å². The van der Waals surface area contributed by atoms with Crippen LogP contribution in [0.4, 0.5) is 0 Å². The number of hydrogen-bond acceptors (Lipinski definition) is 5. The molecule has 31 heavy (non-hydrogen) atoms. The number of carbonyl (C=O) groups excluding carboxylic acids is 2. The fourth-order valence-electron chi connectivity index (χ4n) is 3.85. The van der Waals surface area contributed by atoms with E-state index in [4.69, 9.17) is 9.47 Å². The predicted octanol–water partition coefficient (Wildman–Crippen LogP) is 4.16. The first-order chi connectivity index (χ1) is 14.9. The monoisotopic (exact) mass is 444 g/mol. The zero-order chi connectivity index (χ0) is 22.4. The van der Waals surface area contributed by atoms with Crippen LogP contribution in [0.15, 0.2) is 35.7 Å². The third-order valence-electron chi connectivity index (χ3n) is 5.88. The van der Waals surface area contributed by atoms with Gasteiger partial charge in [-0.05, 0) is 41.5 Å². The molecule has 1 aromatic heterocycles. The van der Waals surface area contributed by atoms with Crippen LogP contribution >= 0.6 is 11.3 Å². The number of benzene rings is 1. The molecule has 0 spiro atoms. The zero-order valence-corrected chi connectivity index (χ0v) is 19.6. The number of fused-ring (bicyclic) bond motifs is 1. The molecule has 7 heteroatoms. The number of rotatable bonds is 9. The van der Waals surface area contributed by atoms with Gasteiger partial charge in [0.15, 0.2) is 11.5 Å². The Morgan fingerprint density at radius 1 is 1.26 bits per heavy atom. The zero-order valence-electron chi connectivity index (χ0n) is 18.8. The van der Waals surface area contributed by atoms with Crippen LogP contribution in [-0.2, 0) is 16.0 Å². The molecule has 1 aliphatic rings. The van der Waals surface area contributed by atoms with Gasteiger partial charge < -0.3 is 19.3 Å². The summed E-state index contributed by atoms with van der Waals surface area (Å²) in [5.74, 6) is 1.57. The van der Waals surface area contributed by atoms with Crippen LogP contribution in [0.25, 0.3) is 0 Å². The maximum absolute atomic E-state index is 13.3. The molecule has 0 bridgehead atoms. The molecule has 0 N–H and O–H groups in total. The molecule has 3 rings (SSSR count). The van der Waals surface area contributed by atoms with Crippen molar-refractivity contribution in [3.8, 4) is 11.5 Å². The Labute approximate surface area is 188 Å². The molecular weight excluding hydrogens is 412 g/mol. The van der Waals surface area contributed by atoms with Crippen LogP contribution < -0.4 is 9.47 Å². The molecule has 1 aliphatic heterocycles. The minimum atomic E-state index is -0.190. The largest absolute Gasteiger partial charge is 0.493 e. The fraction of sp³-hybridized carbons (Fsp3) is 0.500. The third kappa shape index (κ3) is 5.58. The minimum absolute atomic E-state index is 0.0380. The minimum Gasteiger partial charge on any atom is -0.493 e. The van der Waals surface area contributed by atoms with E-state index in [0.717, 1.165) is 18.4 Å². The smallest absolute Gasteiger partial charge is 0.242 e. The third-order valence-corrected chi connectivity index (χ3v) is 6.88. The molecule has 2 unspecified atom stereocenters. The van der Waals surface area contributed by atoms with Crippen molar-refractivity contribution in [1.29, 1.82) is 0 Å². The van der Waals surface area contributed by atoms with Crippen molar-refractivity contribution in [1.82, 2.24) is 9.80 Å². The number of para-hydroxylation sites is 2. The number of hydrogen-bond donors (Lipinski definition) is 0. The van der Waals surface area contributed by atoms with Gasteiger partial charge in [0.25, 0.3) is 0 Å². The average molecular weight is 445 g/mol. The van der Waals surface area contributed by atoms with E-state index in [0.29, 0.717) is 37.1 Å². The Morgan fingerprint density at radius 3 is 2.68 bits per heavy atom.